The standard InChI is InChI=1S/C22H20N2O4S/c1-27-11-10-14-6-8-15(9-7-14)18-13-29-22(23-18)24-20(25)19-12-16-4-2-3-5-17(16)21(26)28-19/h2-9,13,19H,10-12H2,1H3,(H,23,24,25)/t19-/m1/s1. The fraction of sp³-hybridized carbons (Fsp3) is 0.227. The number of carbonyl (C=O) groups excluding carboxylic acids is 2. The number of aromatic nitrogens is 1. The maximum atomic E-state index is 12.6. The van der Waals surface area contributed by atoms with Crippen LogP contribution in [0.25, 0.3) is 11.3 Å². The Balaban J connectivity index is 1.41. The number of nitrogens with one attached hydrogen (secondary N) is 1. The Bertz CT molecular complexity index is 1030. The molecule has 2 aromatic carbocycles. The number of benzene rings is 2. The van der Waals surface area contributed by atoms with Gasteiger partial charge in [0.25, 0.3) is 5.91 Å². The van der Waals surface area contributed by atoms with Gasteiger partial charge in [0.2, 0.25) is 0 Å². The molecule has 0 spiro atoms. The van der Waals surface area contributed by atoms with Crippen LogP contribution in [0.1, 0.15) is 21.5 Å². The molecule has 3 aromatic rings. The molecule has 29 heavy (non-hydrogen) atoms. The van der Waals surface area contributed by atoms with E-state index in [9.17, 15) is 9.59 Å². The molecule has 1 aliphatic rings. The molecular formula is C22H20N2O4S. The number of thiazole rings is 1. The van der Waals surface area contributed by atoms with E-state index in [-0.39, 0.29) is 5.91 Å². The molecule has 7 heteroatoms. The van der Waals surface area contributed by atoms with E-state index in [4.69, 9.17) is 9.47 Å². The molecule has 0 saturated heterocycles. The van der Waals surface area contributed by atoms with Crippen LogP contribution < -0.4 is 5.32 Å². The van der Waals surface area contributed by atoms with Crippen LogP contribution in [0.15, 0.2) is 53.9 Å². The number of fused-ring (bicyclic) bond motifs is 1. The second-order valence-electron chi connectivity index (χ2n) is 6.72. The molecule has 0 radical (unpaired) electrons. The largest absolute Gasteiger partial charge is 0.448 e. The van der Waals surface area contributed by atoms with Crippen LogP contribution in [-0.2, 0) is 27.1 Å². The summed E-state index contributed by atoms with van der Waals surface area (Å²) in [5, 5.41) is 5.13. The van der Waals surface area contributed by atoms with E-state index in [2.05, 4.69) is 10.3 Å². The minimum absolute atomic E-state index is 0.356. The van der Waals surface area contributed by atoms with Crippen LogP contribution in [-0.4, -0.2) is 36.7 Å². The van der Waals surface area contributed by atoms with Gasteiger partial charge >= 0.3 is 5.97 Å². The third-order valence-corrected chi connectivity index (χ3v) is 5.52. The third-order valence-electron chi connectivity index (χ3n) is 4.76. The van der Waals surface area contributed by atoms with Crippen molar-refractivity contribution in [3.8, 4) is 11.3 Å². The number of amides is 1. The minimum atomic E-state index is -0.857. The molecule has 6 nitrogen and oxygen atoms in total. The highest BCUT2D eigenvalue weighted by Crippen LogP contribution is 2.26. The number of anilines is 1. The molecular weight excluding hydrogens is 388 g/mol. The highest BCUT2D eigenvalue weighted by Gasteiger charge is 2.31. The van der Waals surface area contributed by atoms with Crippen molar-refractivity contribution in [2.24, 2.45) is 0 Å². The molecule has 1 amide bonds. The molecule has 1 N–H and O–H groups in total. The van der Waals surface area contributed by atoms with Crippen molar-refractivity contribution < 1.29 is 19.1 Å². The molecule has 1 atom stereocenters. The summed E-state index contributed by atoms with van der Waals surface area (Å²) in [6.07, 6.45) is 0.359. The van der Waals surface area contributed by atoms with Crippen LogP contribution >= 0.6 is 11.3 Å². The molecule has 0 fully saturated rings. The number of hydrogen-bond donors (Lipinski definition) is 1. The van der Waals surface area contributed by atoms with Crippen molar-refractivity contribution in [3.63, 3.8) is 0 Å². The van der Waals surface area contributed by atoms with Crippen LogP contribution in [0, 0.1) is 0 Å². The predicted octanol–water partition coefficient (Wildman–Crippen LogP) is 3.72. The maximum Gasteiger partial charge on any atom is 0.339 e. The fourth-order valence-electron chi connectivity index (χ4n) is 3.19. The molecule has 2 heterocycles. The summed E-state index contributed by atoms with van der Waals surface area (Å²) in [5.41, 5.74) is 4.29. The van der Waals surface area contributed by atoms with E-state index in [0.717, 1.165) is 23.2 Å². The van der Waals surface area contributed by atoms with Gasteiger partial charge in [0, 0.05) is 24.5 Å². The summed E-state index contributed by atoms with van der Waals surface area (Å²) in [6.45, 7) is 0.683. The van der Waals surface area contributed by atoms with E-state index >= 15 is 0 Å². The molecule has 148 valence electrons. The van der Waals surface area contributed by atoms with E-state index in [0.29, 0.717) is 23.7 Å². The van der Waals surface area contributed by atoms with Crippen molar-refractivity contribution in [1.29, 1.82) is 0 Å². The lowest BCUT2D eigenvalue weighted by molar-refractivity contribution is -0.125. The van der Waals surface area contributed by atoms with Gasteiger partial charge < -0.3 is 9.47 Å². The van der Waals surface area contributed by atoms with E-state index in [1.54, 1.807) is 19.2 Å². The van der Waals surface area contributed by atoms with E-state index in [1.165, 1.54) is 16.9 Å². The SMILES string of the molecule is COCCc1ccc(-c2csc(NC(=O)[C@H]3Cc4ccccc4C(=O)O3)n2)cc1. The molecule has 4 rings (SSSR count). The second-order valence-corrected chi connectivity index (χ2v) is 7.58. The molecule has 0 bridgehead atoms. The van der Waals surface area contributed by atoms with Gasteiger partial charge in [-0.05, 0) is 23.6 Å². The normalized spacial score (nSPS) is 15.5. The van der Waals surface area contributed by atoms with Crippen LogP contribution in [0.3, 0.4) is 0 Å². The Labute approximate surface area is 172 Å². The number of ether oxygens (including phenoxy) is 2. The summed E-state index contributed by atoms with van der Waals surface area (Å²) in [5.74, 6) is -0.843. The number of nitrogens with zero attached hydrogens (tertiary/aromatic N) is 1. The van der Waals surface area contributed by atoms with Gasteiger partial charge in [0.05, 0.1) is 17.9 Å². The zero-order valence-electron chi connectivity index (χ0n) is 15.9. The number of methoxy groups -OCH3 is 1. The molecule has 0 saturated carbocycles. The first kappa shape index (κ1) is 19.3. The second kappa shape index (κ2) is 8.55. The number of rotatable bonds is 6. The van der Waals surface area contributed by atoms with Crippen LogP contribution in [0.5, 0.6) is 0 Å². The summed E-state index contributed by atoms with van der Waals surface area (Å²) in [4.78, 5) is 29.2. The first-order valence-corrected chi connectivity index (χ1v) is 10.2. The van der Waals surface area contributed by atoms with Crippen molar-refractivity contribution in [1.82, 2.24) is 4.98 Å². The number of hydrogen-bond acceptors (Lipinski definition) is 6. The van der Waals surface area contributed by atoms with Gasteiger partial charge in [0.1, 0.15) is 0 Å². The van der Waals surface area contributed by atoms with Gasteiger partial charge in [-0.15, -0.1) is 11.3 Å². The first-order chi connectivity index (χ1) is 14.1. The Morgan fingerprint density at radius 3 is 2.83 bits per heavy atom. The summed E-state index contributed by atoms with van der Waals surface area (Å²) in [7, 11) is 1.69. The lowest BCUT2D eigenvalue weighted by Gasteiger charge is -2.23. The van der Waals surface area contributed by atoms with Gasteiger partial charge in [-0.2, -0.15) is 0 Å². The Hall–Kier alpha value is -3.03. The highest BCUT2D eigenvalue weighted by molar-refractivity contribution is 7.14. The lowest BCUT2D eigenvalue weighted by Crippen LogP contribution is -2.37. The van der Waals surface area contributed by atoms with Gasteiger partial charge in [-0.25, -0.2) is 9.78 Å². The smallest absolute Gasteiger partial charge is 0.339 e. The Kier molecular flexibility index (Phi) is 5.69. The Morgan fingerprint density at radius 1 is 1.24 bits per heavy atom. The van der Waals surface area contributed by atoms with Gasteiger partial charge in [-0.3, -0.25) is 10.1 Å². The van der Waals surface area contributed by atoms with Crippen LogP contribution in [0.2, 0.25) is 0 Å². The number of carbonyl (C=O) groups is 2. The summed E-state index contributed by atoms with van der Waals surface area (Å²) < 4.78 is 10.4. The van der Waals surface area contributed by atoms with Gasteiger partial charge in [-0.1, -0.05) is 42.5 Å². The van der Waals surface area contributed by atoms with Crippen molar-refractivity contribution in [2.45, 2.75) is 18.9 Å². The van der Waals surface area contributed by atoms with Gasteiger partial charge in [0.15, 0.2) is 11.2 Å². The molecule has 1 aromatic heterocycles. The van der Waals surface area contributed by atoms with E-state index < -0.39 is 12.1 Å². The third kappa shape index (κ3) is 4.36. The molecule has 0 aliphatic carbocycles. The summed E-state index contributed by atoms with van der Waals surface area (Å²) >= 11 is 1.34. The number of esters is 1. The topological polar surface area (TPSA) is 77.5 Å². The molecule has 1 aliphatic heterocycles. The predicted molar refractivity (Wildman–Crippen MR) is 111 cm³/mol. The average Bonchev–Trinajstić information content (AvgIpc) is 3.21. The number of cyclic esters (lactones) is 1. The van der Waals surface area contributed by atoms with E-state index in [1.807, 2.05) is 41.8 Å². The van der Waals surface area contributed by atoms with Crippen molar-refractivity contribution in [2.75, 3.05) is 19.0 Å². The fourth-order valence-corrected chi connectivity index (χ4v) is 3.91. The zero-order chi connectivity index (χ0) is 20.2. The van der Waals surface area contributed by atoms with Crippen molar-refractivity contribution >= 4 is 28.3 Å². The highest BCUT2D eigenvalue weighted by atomic mass is 32.1. The Morgan fingerprint density at radius 2 is 2.03 bits per heavy atom. The monoisotopic (exact) mass is 408 g/mol. The maximum absolute atomic E-state index is 12.6. The van der Waals surface area contributed by atoms with Crippen molar-refractivity contribution in [3.05, 3.63) is 70.6 Å². The summed E-state index contributed by atoms with van der Waals surface area (Å²) in [6, 6.07) is 15.3. The first-order valence-electron chi connectivity index (χ1n) is 9.27. The van der Waals surface area contributed by atoms with Crippen LogP contribution in [0.4, 0.5) is 5.13 Å². The average molecular weight is 408 g/mol. The minimum Gasteiger partial charge on any atom is -0.448 e. The zero-order valence-corrected chi connectivity index (χ0v) is 16.7. The molecule has 0 unspecified atom stereocenters. The quantitative estimate of drug-likeness (QED) is 0.629. The lowest BCUT2D eigenvalue weighted by atomic mass is 9.98.